The molecule has 1 aromatic rings. The quantitative estimate of drug-likeness (QED) is 0.715. The van der Waals surface area contributed by atoms with Gasteiger partial charge in [0.2, 0.25) is 0 Å². The van der Waals surface area contributed by atoms with Crippen molar-refractivity contribution >= 4 is 17.8 Å². The van der Waals surface area contributed by atoms with Gasteiger partial charge in [-0.05, 0) is 45.4 Å². The van der Waals surface area contributed by atoms with Gasteiger partial charge in [-0.3, -0.25) is 4.79 Å². The lowest BCUT2D eigenvalue weighted by Gasteiger charge is -2.22. The van der Waals surface area contributed by atoms with E-state index in [0.717, 1.165) is 0 Å². The number of hydrogen-bond donors (Lipinski definition) is 3. The van der Waals surface area contributed by atoms with Crippen molar-refractivity contribution < 1.29 is 29.3 Å². The van der Waals surface area contributed by atoms with Crippen molar-refractivity contribution in [2.24, 2.45) is 0 Å². The number of aliphatic carboxylic acids is 1. The van der Waals surface area contributed by atoms with Crippen molar-refractivity contribution in [3.05, 3.63) is 29.3 Å². The van der Waals surface area contributed by atoms with Crippen LogP contribution < -0.4 is 5.32 Å². The molecule has 0 saturated carbocycles. The summed E-state index contributed by atoms with van der Waals surface area (Å²) in [4.78, 5) is 34.4. The first-order chi connectivity index (χ1) is 10.5. The number of nitrogens with one attached hydrogen (secondary N) is 1. The molecule has 0 aliphatic heterocycles. The van der Waals surface area contributed by atoms with Gasteiger partial charge in [-0.1, -0.05) is 6.07 Å². The Bertz CT molecular complexity index is 617. The van der Waals surface area contributed by atoms with Gasteiger partial charge < -0.3 is 20.3 Å². The van der Waals surface area contributed by atoms with Crippen LogP contribution in [-0.2, 0) is 16.0 Å². The third-order valence-corrected chi connectivity index (χ3v) is 2.87. The van der Waals surface area contributed by atoms with Crippen LogP contribution in [0.4, 0.5) is 4.79 Å². The molecular weight excluding hydrogens is 302 g/mol. The number of carboxylic acids is 1. The summed E-state index contributed by atoms with van der Waals surface area (Å²) in [6.45, 7) is 6.30. The summed E-state index contributed by atoms with van der Waals surface area (Å²) < 4.78 is 5.03. The van der Waals surface area contributed by atoms with Crippen LogP contribution in [0.2, 0.25) is 0 Å². The second-order valence-electron chi connectivity index (χ2n) is 6.15. The highest BCUT2D eigenvalue weighted by atomic mass is 16.6. The molecule has 0 heterocycles. The molecule has 126 valence electrons. The molecule has 0 unspecified atom stereocenters. The molecule has 0 spiro atoms. The van der Waals surface area contributed by atoms with Crippen LogP contribution in [-0.4, -0.2) is 39.7 Å². The minimum absolute atomic E-state index is 0.0465. The molecule has 7 nitrogen and oxygen atoms in total. The molecule has 0 radical (unpaired) electrons. The largest absolute Gasteiger partial charge is 0.507 e. The maximum absolute atomic E-state index is 11.7. The number of Topliss-reactive ketones (excluding diaryl/α,β-unsaturated/α-hetero) is 1. The highest BCUT2D eigenvalue weighted by Crippen LogP contribution is 2.20. The number of phenols is 1. The first-order valence-corrected chi connectivity index (χ1v) is 7.05. The molecule has 0 aliphatic carbocycles. The fourth-order valence-electron chi connectivity index (χ4n) is 1.88. The molecule has 0 bridgehead atoms. The summed E-state index contributed by atoms with van der Waals surface area (Å²) in [5.74, 6) is -1.74. The predicted molar refractivity (Wildman–Crippen MR) is 82.6 cm³/mol. The summed E-state index contributed by atoms with van der Waals surface area (Å²) in [5.41, 5.74) is -0.145. The Morgan fingerprint density at radius 3 is 2.35 bits per heavy atom. The second kappa shape index (κ2) is 7.13. The minimum Gasteiger partial charge on any atom is -0.507 e. The molecule has 3 N–H and O–H groups in total. The molecule has 1 amide bonds. The molecular formula is C16H21NO6. The SMILES string of the molecule is CC(=O)c1cc(C[C@H](NC(=O)OC(C)(C)C)C(=O)O)ccc1O. The third kappa shape index (κ3) is 5.98. The van der Waals surface area contributed by atoms with E-state index in [-0.39, 0.29) is 23.5 Å². The molecule has 0 saturated heterocycles. The topological polar surface area (TPSA) is 113 Å². The lowest BCUT2D eigenvalue weighted by Crippen LogP contribution is -2.44. The number of ketones is 1. The van der Waals surface area contributed by atoms with E-state index in [9.17, 15) is 24.6 Å². The van der Waals surface area contributed by atoms with E-state index in [1.165, 1.54) is 25.1 Å². The van der Waals surface area contributed by atoms with E-state index in [1.54, 1.807) is 20.8 Å². The first kappa shape index (κ1) is 18.5. The number of carbonyl (C=O) groups excluding carboxylic acids is 2. The Morgan fingerprint density at radius 1 is 1.26 bits per heavy atom. The number of hydrogen-bond acceptors (Lipinski definition) is 5. The van der Waals surface area contributed by atoms with Gasteiger partial charge in [-0.15, -0.1) is 0 Å². The number of ether oxygens (including phenoxy) is 1. The summed E-state index contributed by atoms with van der Waals surface area (Å²) in [6, 6.07) is 3.01. The van der Waals surface area contributed by atoms with E-state index in [0.29, 0.717) is 5.56 Å². The molecule has 1 rings (SSSR count). The zero-order valence-electron chi connectivity index (χ0n) is 13.5. The van der Waals surface area contributed by atoms with E-state index in [4.69, 9.17) is 4.74 Å². The number of amides is 1. The maximum atomic E-state index is 11.7. The molecule has 7 heteroatoms. The van der Waals surface area contributed by atoms with Crippen LogP contribution in [0.15, 0.2) is 18.2 Å². The van der Waals surface area contributed by atoms with Crippen molar-refractivity contribution in [1.29, 1.82) is 0 Å². The van der Waals surface area contributed by atoms with E-state index in [2.05, 4.69) is 5.32 Å². The van der Waals surface area contributed by atoms with E-state index < -0.39 is 23.7 Å². The lowest BCUT2D eigenvalue weighted by atomic mass is 10.0. The zero-order chi connectivity index (χ0) is 17.8. The highest BCUT2D eigenvalue weighted by Gasteiger charge is 2.24. The molecule has 1 atom stereocenters. The van der Waals surface area contributed by atoms with Gasteiger partial charge in [0.05, 0.1) is 5.56 Å². The fourth-order valence-corrected chi connectivity index (χ4v) is 1.88. The molecule has 1 aromatic carbocycles. The Morgan fingerprint density at radius 2 is 1.87 bits per heavy atom. The van der Waals surface area contributed by atoms with Crippen LogP contribution in [0.25, 0.3) is 0 Å². The lowest BCUT2D eigenvalue weighted by molar-refractivity contribution is -0.139. The molecule has 23 heavy (non-hydrogen) atoms. The van der Waals surface area contributed by atoms with Gasteiger partial charge in [0.1, 0.15) is 17.4 Å². The van der Waals surface area contributed by atoms with Gasteiger partial charge in [0.15, 0.2) is 5.78 Å². The number of rotatable bonds is 5. The summed E-state index contributed by atoms with van der Waals surface area (Å²) in [6.07, 6.45) is -0.884. The summed E-state index contributed by atoms with van der Waals surface area (Å²) in [7, 11) is 0. The standard InChI is InChI=1S/C16H21NO6/c1-9(18)11-7-10(5-6-13(11)19)8-12(14(20)21)17-15(22)23-16(2,3)4/h5-7,12,19H,8H2,1-4H3,(H,17,22)(H,20,21)/t12-/m0/s1. The molecule has 0 aromatic heterocycles. The van der Waals surface area contributed by atoms with Gasteiger partial charge in [-0.25, -0.2) is 9.59 Å². The number of alkyl carbamates (subject to hydrolysis) is 1. The average molecular weight is 323 g/mol. The average Bonchev–Trinajstić information content (AvgIpc) is 2.37. The van der Waals surface area contributed by atoms with E-state index >= 15 is 0 Å². The van der Waals surface area contributed by atoms with Gasteiger partial charge in [0, 0.05) is 6.42 Å². The Labute approximate surface area is 134 Å². The zero-order valence-corrected chi connectivity index (χ0v) is 13.5. The maximum Gasteiger partial charge on any atom is 0.408 e. The molecule has 0 aliphatic rings. The van der Waals surface area contributed by atoms with Crippen LogP contribution in [0, 0.1) is 0 Å². The Hall–Kier alpha value is -2.57. The number of phenolic OH excluding ortho intramolecular Hbond substituents is 1. The summed E-state index contributed by atoms with van der Waals surface area (Å²) in [5, 5.41) is 21.1. The Balaban J connectivity index is 2.89. The van der Waals surface area contributed by atoms with Crippen LogP contribution >= 0.6 is 0 Å². The third-order valence-electron chi connectivity index (χ3n) is 2.87. The van der Waals surface area contributed by atoms with Crippen molar-refractivity contribution in [1.82, 2.24) is 5.32 Å². The van der Waals surface area contributed by atoms with Gasteiger partial charge in [-0.2, -0.15) is 0 Å². The predicted octanol–water partition coefficient (Wildman–Crippen LogP) is 2.12. The van der Waals surface area contributed by atoms with Crippen molar-refractivity contribution in [2.75, 3.05) is 0 Å². The number of aromatic hydroxyl groups is 1. The summed E-state index contributed by atoms with van der Waals surface area (Å²) >= 11 is 0. The normalized spacial score (nSPS) is 12.3. The van der Waals surface area contributed by atoms with Crippen molar-refractivity contribution in [2.45, 2.75) is 45.8 Å². The van der Waals surface area contributed by atoms with Crippen LogP contribution in [0.3, 0.4) is 0 Å². The highest BCUT2D eigenvalue weighted by molar-refractivity contribution is 5.96. The Kier molecular flexibility index (Phi) is 5.73. The van der Waals surface area contributed by atoms with Crippen LogP contribution in [0.5, 0.6) is 5.75 Å². The second-order valence-corrected chi connectivity index (χ2v) is 6.15. The van der Waals surface area contributed by atoms with Gasteiger partial charge >= 0.3 is 12.1 Å². The van der Waals surface area contributed by atoms with Gasteiger partial charge in [0.25, 0.3) is 0 Å². The van der Waals surface area contributed by atoms with E-state index in [1.807, 2.05) is 0 Å². The number of benzene rings is 1. The first-order valence-electron chi connectivity index (χ1n) is 7.05. The molecule has 0 fully saturated rings. The number of carboxylic acid groups (broad SMARTS) is 1. The smallest absolute Gasteiger partial charge is 0.408 e. The van der Waals surface area contributed by atoms with Crippen molar-refractivity contribution in [3.8, 4) is 5.75 Å². The fraction of sp³-hybridized carbons (Fsp3) is 0.438. The monoisotopic (exact) mass is 323 g/mol. The van der Waals surface area contributed by atoms with Crippen molar-refractivity contribution in [3.63, 3.8) is 0 Å². The number of carbonyl (C=O) groups is 3. The minimum atomic E-state index is -1.23. The van der Waals surface area contributed by atoms with Crippen LogP contribution in [0.1, 0.15) is 43.6 Å².